The van der Waals surface area contributed by atoms with Crippen molar-refractivity contribution in [3.05, 3.63) is 77.4 Å². The maximum absolute atomic E-state index is 13.4. The first-order valence-electron chi connectivity index (χ1n) is 12.1. The SMILES string of the molecule is Cc1nn(-c2ccccc2)c(C)c1C=NNC(=O)C1(C)CCC(c2nc3ccccc3[nH]2)C1(C)C. The fourth-order valence-electron chi connectivity index (χ4n) is 5.46. The Morgan fingerprint density at radius 1 is 1.11 bits per heavy atom. The third-order valence-electron chi connectivity index (χ3n) is 8.17. The molecule has 2 aromatic carbocycles. The van der Waals surface area contributed by atoms with Crippen LogP contribution in [-0.4, -0.2) is 31.9 Å². The number of amides is 1. The van der Waals surface area contributed by atoms with Crippen molar-refractivity contribution < 1.29 is 4.79 Å². The van der Waals surface area contributed by atoms with Crippen molar-refractivity contribution in [2.24, 2.45) is 15.9 Å². The molecule has 1 aliphatic carbocycles. The van der Waals surface area contributed by atoms with Gasteiger partial charge in [0, 0.05) is 11.5 Å². The molecule has 0 radical (unpaired) electrons. The molecule has 1 aliphatic rings. The number of H-pyrrole nitrogens is 1. The molecule has 1 fully saturated rings. The van der Waals surface area contributed by atoms with E-state index in [0.29, 0.717) is 0 Å². The van der Waals surface area contributed by atoms with E-state index in [1.807, 2.05) is 80.1 Å². The van der Waals surface area contributed by atoms with Crippen LogP contribution in [0.2, 0.25) is 0 Å². The molecule has 35 heavy (non-hydrogen) atoms. The molecule has 2 unspecified atom stereocenters. The molecule has 0 bridgehead atoms. The number of para-hydroxylation sites is 3. The third kappa shape index (κ3) is 3.75. The minimum absolute atomic E-state index is 0.0666. The summed E-state index contributed by atoms with van der Waals surface area (Å²) in [6, 6.07) is 18.1. The Morgan fingerprint density at radius 2 is 1.83 bits per heavy atom. The Balaban J connectivity index is 1.34. The largest absolute Gasteiger partial charge is 0.342 e. The van der Waals surface area contributed by atoms with E-state index in [0.717, 1.165) is 52.3 Å². The second-order valence-corrected chi connectivity index (χ2v) is 10.3. The van der Waals surface area contributed by atoms with E-state index in [4.69, 9.17) is 4.98 Å². The lowest BCUT2D eigenvalue weighted by atomic mass is 9.65. The number of carbonyl (C=O) groups excluding carboxylic acids is 1. The van der Waals surface area contributed by atoms with E-state index < -0.39 is 5.41 Å². The zero-order chi connectivity index (χ0) is 24.8. The van der Waals surface area contributed by atoms with Gasteiger partial charge in [-0.15, -0.1) is 0 Å². The minimum atomic E-state index is -0.577. The van der Waals surface area contributed by atoms with Gasteiger partial charge in [0.05, 0.1) is 39.7 Å². The fourth-order valence-corrected chi connectivity index (χ4v) is 5.46. The molecule has 0 aliphatic heterocycles. The summed E-state index contributed by atoms with van der Waals surface area (Å²) in [5.41, 5.74) is 7.69. The number of hydrogen-bond donors (Lipinski definition) is 2. The maximum Gasteiger partial charge on any atom is 0.246 e. The first-order chi connectivity index (χ1) is 16.7. The number of benzene rings is 2. The predicted molar refractivity (Wildman–Crippen MR) is 139 cm³/mol. The smallest absolute Gasteiger partial charge is 0.246 e. The molecule has 4 aromatic rings. The van der Waals surface area contributed by atoms with Gasteiger partial charge in [0.2, 0.25) is 5.91 Å². The van der Waals surface area contributed by atoms with Crippen molar-refractivity contribution in [1.82, 2.24) is 25.2 Å². The summed E-state index contributed by atoms with van der Waals surface area (Å²) in [4.78, 5) is 21.8. The van der Waals surface area contributed by atoms with Crippen LogP contribution in [0.1, 0.15) is 62.3 Å². The van der Waals surface area contributed by atoms with Crippen molar-refractivity contribution >= 4 is 23.2 Å². The number of aromatic amines is 1. The highest BCUT2D eigenvalue weighted by Gasteiger charge is 2.57. The second kappa shape index (κ2) is 8.48. The Hall–Kier alpha value is -3.74. The number of fused-ring (bicyclic) bond motifs is 1. The molecule has 7 heteroatoms. The first-order valence-corrected chi connectivity index (χ1v) is 12.1. The minimum Gasteiger partial charge on any atom is -0.342 e. The number of hydrogen-bond acceptors (Lipinski definition) is 4. The summed E-state index contributed by atoms with van der Waals surface area (Å²) in [5, 5.41) is 9.01. The molecule has 2 aromatic heterocycles. The number of hydrazone groups is 1. The van der Waals surface area contributed by atoms with E-state index in [1.165, 1.54) is 0 Å². The van der Waals surface area contributed by atoms with Gasteiger partial charge in [-0.1, -0.05) is 51.1 Å². The molecule has 1 saturated carbocycles. The van der Waals surface area contributed by atoms with Crippen LogP contribution in [0.15, 0.2) is 59.7 Å². The zero-order valence-electron chi connectivity index (χ0n) is 21.0. The summed E-state index contributed by atoms with van der Waals surface area (Å²) in [6.45, 7) is 10.3. The van der Waals surface area contributed by atoms with E-state index >= 15 is 0 Å². The number of nitrogens with zero attached hydrogens (tertiary/aromatic N) is 4. The molecule has 2 N–H and O–H groups in total. The van der Waals surface area contributed by atoms with Crippen molar-refractivity contribution in [2.75, 3.05) is 0 Å². The molecular formula is C28H32N6O. The standard InChI is InChI=1S/C28H32N6O/c1-18-21(19(2)34(33-18)20-11-7-6-8-12-20)17-29-32-26(35)28(5)16-15-22(27(28,3)4)25-30-23-13-9-10-14-24(23)31-25/h6-14,17,22H,15-16H2,1-5H3,(H,30,31)(H,32,35). The lowest BCUT2D eigenvalue weighted by molar-refractivity contribution is -0.135. The Bertz CT molecular complexity index is 1380. The number of nitrogens with one attached hydrogen (secondary N) is 2. The van der Waals surface area contributed by atoms with Gasteiger partial charge in [-0.3, -0.25) is 4.79 Å². The van der Waals surface area contributed by atoms with Gasteiger partial charge in [0.1, 0.15) is 5.82 Å². The second-order valence-electron chi connectivity index (χ2n) is 10.3. The van der Waals surface area contributed by atoms with E-state index in [-0.39, 0.29) is 17.2 Å². The fraction of sp³-hybridized carbons (Fsp3) is 0.357. The van der Waals surface area contributed by atoms with E-state index in [9.17, 15) is 4.79 Å². The molecule has 0 spiro atoms. The van der Waals surface area contributed by atoms with Crippen LogP contribution in [0.25, 0.3) is 16.7 Å². The average Bonchev–Trinajstić information content (AvgIpc) is 3.47. The number of carbonyl (C=O) groups is 1. The summed E-state index contributed by atoms with van der Waals surface area (Å²) in [7, 11) is 0. The molecule has 0 saturated heterocycles. The molecule has 1 amide bonds. The van der Waals surface area contributed by atoms with Crippen LogP contribution in [0.3, 0.4) is 0 Å². The lowest BCUT2D eigenvalue weighted by Gasteiger charge is -2.39. The lowest BCUT2D eigenvalue weighted by Crippen LogP contribution is -2.45. The maximum atomic E-state index is 13.4. The third-order valence-corrected chi connectivity index (χ3v) is 8.17. The molecule has 5 rings (SSSR count). The quantitative estimate of drug-likeness (QED) is 0.303. The van der Waals surface area contributed by atoms with Gasteiger partial charge in [0.25, 0.3) is 0 Å². The van der Waals surface area contributed by atoms with Crippen molar-refractivity contribution in [3.63, 3.8) is 0 Å². The summed E-state index contributed by atoms with van der Waals surface area (Å²) < 4.78 is 1.90. The summed E-state index contributed by atoms with van der Waals surface area (Å²) in [5.74, 6) is 1.04. The molecular weight excluding hydrogens is 436 g/mol. The van der Waals surface area contributed by atoms with Gasteiger partial charge < -0.3 is 4.98 Å². The monoisotopic (exact) mass is 468 g/mol. The zero-order valence-corrected chi connectivity index (χ0v) is 21.0. The summed E-state index contributed by atoms with van der Waals surface area (Å²) >= 11 is 0. The van der Waals surface area contributed by atoms with Crippen LogP contribution < -0.4 is 5.43 Å². The number of rotatable bonds is 5. The van der Waals surface area contributed by atoms with Crippen LogP contribution in [0, 0.1) is 24.7 Å². The number of aromatic nitrogens is 4. The molecule has 2 atom stereocenters. The van der Waals surface area contributed by atoms with Crippen molar-refractivity contribution in [1.29, 1.82) is 0 Å². The van der Waals surface area contributed by atoms with Gasteiger partial charge in [0.15, 0.2) is 0 Å². The average molecular weight is 469 g/mol. The van der Waals surface area contributed by atoms with E-state index in [2.05, 4.69) is 34.5 Å². The van der Waals surface area contributed by atoms with E-state index in [1.54, 1.807) is 6.21 Å². The van der Waals surface area contributed by atoms with Crippen LogP contribution >= 0.6 is 0 Å². The van der Waals surface area contributed by atoms with Gasteiger partial charge >= 0.3 is 0 Å². The normalized spacial score (nSPS) is 21.7. The predicted octanol–water partition coefficient (Wildman–Crippen LogP) is 5.43. The van der Waals surface area contributed by atoms with Gasteiger partial charge in [-0.25, -0.2) is 15.1 Å². The molecule has 7 nitrogen and oxygen atoms in total. The highest BCUT2D eigenvalue weighted by Crippen LogP contribution is 2.59. The van der Waals surface area contributed by atoms with Crippen molar-refractivity contribution in [2.45, 2.75) is 53.4 Å². The van der Waals surface area contributed by atoms with Crippen LogP contribution in [-0.2, 0) is 4.79 Å². The Labute approximate surface area is 205 Å². The van der Waals surface area contributed by atoms with Crippen LogP contribution in [0.5, 0.6) is 0 Å². The van der Waals surface area contributed by atoms with Gasteiger partial charge in [-0.05, 0) is 56.4 Å². The Kier molecular flexibility index (Phi) is 5.58. The van der Waals surface area contributed by atoms with Crippen molar-refractivity contribution in [3.8, 4) is 5.69 Å². The van der Waals surface area contributed by atoms with Crippen LogP contribution in [0.4, 0.5) is 0 Å². The number of imidazole rings is 1. The topological polar surface area (TPSA) is 88.0 Å². The number of aryl methyl sites for hydroxylation is 1. The van der Waals surface area contributed by atoms with Gasteiger partial charge in [-0.2, -0.15) is 10.2 Å². The highest BCUT2D eigenvalue weighted by molar-refractivity contribution is 5.87. The first kappa shape index (κ1) is 23.0. The Morgan fingerprint density at radius 3 is 2.57 bits per heavy atom. The molecule has 180 valence electrons. The summed E-state index contributed by atoms with van der Waals surface area (Å²) in [6.07, 6.45) is 3.37. The molecule has 2 heterocycles. The highest BCUT2D eigenvalue weighted by atomic mass is 16.2.